The monoisotopic (exact) mass is 242 g/mol. The van der Waals surface area contributed by atoms with Crippen molar-refractivity contribution in [1.82, 2.24) is 4.90 Å². The summed E-state index contributed by atoms with van der Waals surface area (Å²) < 4.78 is 0. The average Bonchev–Trinajstić information content (AvgIpc) is 2.84. The van der Waals surface area contributed by atoms with Crippen molar-refractivity contribution in [3.8, 4) is 0 Å². The molecule has 3 heteroatoms. The first-order valence-corrected chi connectivity index (χ1v) is 7.75. The molecule has 0 saturated carbocycles. The first kappa shape index (κ1) is 12.7. The maximum Gasteiger partial charge on any atom is 0.0458 e. The minimum atomic E-state index is 0.302. The Morgan fingerprint density at radius 1 is 1.50 bits per heavy atom. The second-order valence-electron chi connectivity index (χ2n) is 5.72. The van der Waals surface area contributed by atoms with Gasteiger partial charge in [-0.1, -0.05) is 20.8 Å². The zero-order valence-electron chi connectivity index (χ0n) is 10.9. The summed E-state index contributed by atoms with van der Waals surface area (Å²) in [5.74, 6) is 2.06. The molecule has 3 unspecified atom stereocenters. The molecule has 2 rings (SSSR count). The van der Waals surface area contributed by atoms with Crippen molar-refractivity contribution in [2.24, 2.45) is 11.7 Å². The second-order valence-corrected chi connectivity index (χ2v) is 7.17. The summed E-state index contributed by atoms with van der Waals surface area (Å²) in [5, 5.41) is 0.705. The van der Waals surface area contributed by atoms with Gasteiger partial charge in [-0.25, -0.2) is 0 Å². The van der Waals surface area contributed by atoms with Crippen molar-refractivity contribution in [3.63, 3.8) is 0 Å². The second kappa shape index (κ2) is 4.87. The van der Waals surface area contributed by atoms with Gasteiger partial charge in [0.1, 0.15) is 0 Å². The van der Waals surface area contributed by atoms with E-state index in [4.69, 9.17) is 5.73 Å². The standard InChI is InChI=1S/C13H26N2S/c1-10(2)12-5-4-7-15(12)13(9-14)6-8-16-11(13)3/h10-12H,4-9,14H2,1-3H3. The number of thioether (sulfide) groups is 1. The van der Waals surface area contributed by atoms with E-state index in [0.717, 1.165) is 18.5 Å². The van der Waals surface area contributed by atoms with Crippen LogP contribution in [0.4, 0.5) is 0 Å². The topological polar surface area (TPSA) is 29.3 Å². The summed E-state index contributed by atoms with van der Waals surface area (Å²) in [6.45, 7) is 9.20. The van der Waals surface area contributed by atoms with E-state index >= 15 is 0 Å². The Hall–Kier alpha value is 0.270. The van der Waals surface area contributed by atoms with E-state index in [1.54, 1.807) is 0 Å². The number of hydrogen-bond acceptors (Lipinski definition) is 3. The Morgan fingerprint density at radius 2 is 2.25 bits per heavy atom. The van der Waals surface area contributed by atoms with Crippen LogP contribution < -0.4 is 5.73 Å². The number of likely N-dealkylation sites (tertiary alicyclic amines) is 1. The van der Waals surface area contributed by atoms with E-state index in [1.807, 2.05) is 0 Å². The van der Waals surface area contributed by atoms with Gasteiger partial charge in [-0.15, -0.1) is 0 Å². The van der Waals surface area contributed by atoms with Crippen LogP contribution in [0.3, 0.4) is 0 Å². The smallest absolute Gasteiger partial charge is 0.0458 e. The third-order valence-electron chi connectivity index (χ3n) is 4.65. The van der Waals surface area contributed by atoms with E-state index in [0.29, 0.717) is 10.8 Å². The van der Waals surface area contributed by atoms with Crippen LogP contribution in [0, 0.1) is 5.92 Å². The molecule has 2 aliphatic rings. The zero-order valence-corrected chi connectivity index (χ0v) is 11.7. The molecule has 2 heterocycles. The molecular formula is C13H26N2S. The molecule has 0 bridgehead atoms. The SMILES string of the molecule is CC(C)C1CCCN1C1(CN)CCSC1C. The largest absolute Gasteiger partial charge is 0.329 e. The minimum Gasteiger partial charge on any atom is -0.329 e. The summed E-state index contributed by atoms with van der Waals surface area (Å²) >= 11 is 2.11. The average molecular weight is 242 g/mol. The lowest BCUT2D eigenvalue weighted by molar-refractivity contribution is 0.0631. The van der Waals surface area contributed by atoms with Crippen LogP contribution in [0.25, 0.3) is 0 Å². The van der Waals surface area contributed by atoms with Crippen molar-refractivity contribution in [2.45, 2.75) is 56.9 Å². The fourth-order valence-electron chi connectivity index (χ4n) is 3.57. The highest BCUT2D eigenvalue weighted by Crippen LogP contribution is 2.43. The first-order valence-electron chi connectivity index (χ1n) is 6.70. The number of hydrogen-bond donors (Lipinski definition) is 1. The van der Waals surface area contributed by atoms with E-state index in [2.05, 4.69) is 37.4 Å². The van der Waals surface area contributed by atoms with Crippen molar-refractivity contribution in [3.05, 3.63) is 0 Å². The molecule has 0 aromatic rings. The molecule has 0 amide bonds. The maximum atomic E-state index is 6.15. The Morgan fingerprint density at radius 3 is 2.75 bits per heavy atom. The van der Waals surface area contributed by atoms with Crippen molar-refractivity contribution in [1.29, 1.82) is 0 Å². The van der Waals surface area contributed by atoms with Crippen LogP contribution in [0.1, 0.15) is 40.0 Å². The van der Waals surface area contributed by atoms with E-state index in [1.165, 1.54) is 31.6 Å². The van der Waals surface area contributed by atoms with E-state index in [9.17, 15) is 0 Å². The molecule has 2 saturated heterocycles. The lowest BCUT2D eigenvalue weighted by Gasteiger charge is -2.45. The van der Waals surface area contributed by atoms with Gasteiger partial charge in [-0.2, -0.15) is 11.8 Å². The van der Waals surface area contributed by atoms with Gasteiger partial charge in [0, 0.05) is 23.4 Å². The fraction of sp³-hybridized carbons (Fsp3) is 1.00. The van der Waals surface area contributed by atoms with Gasteiger partial charge in [0.05, 0.1) is 0 Å². The molecule has 0 spiro atoms. The number of nitrogens with zero attached hydrogens (tertiary/aromatic N) is 1. The highest BCUT2D eigenvalue weighted by Gasteiger charge is 2.48. The third-order valence-corrected chi connectivity index (χ3v) is 6.03. The minimum absolute atomic E-state index is 0.302. The first-order chi connectivity index (χ1) is 7.62. The fourth-order valence-corrected chi connectivity index (χ4v) is 5.06. The zero-order chi connectivity index (χ0) is 11.8. The molecule has 0 aromatic heterocycles. The summed E-state index contributed by atoms with van der Waals surface area (Å²) in [6, 6.07) is 0.768. The molecule has 2 N–H and O–H groups in total. The predicted octanol–water partition coefficient (Wildman–Crippen LogP) is 2.33. The van der Waals surface area contributed by atoms with Crippen LogP contribution in [0.5, 0.6) is 0 Å². The van der Waals surface area contributed by atoms with Gasteiger partial charge >= 0.3 is 0 Å². The Balaban J connectivity index is 2.20. The molecule has 2 fully saturated rings. The van der Waals surface area contributed by atoms with E-state index < -0.39 is 0 Å². The quantitative estimate of drug-likeness (QED) is 0.823. The van der Waals surface area contributed by atoms with Crippen molar-refractivity contribution in [2.75, 3.05) is 18.8 Å². The van der Waals surface area contributed by atoms with Crippen LogP contribution in [-0.4, -0.2) is 40.6 Å². The number of rotatable bonds is 3. The Kier molecular flexibility index (Phi) is 3.87. The molecule has 0 aromatic carbocycles. The summed E-state index contributed by atoms with van der Waals surface area (Å²) in [7, 11) is 0. The summed E-state index contributed by atoms with van der Waals surface area (Å²) in [4.78, 5) is 2.77. The van der Waals surface area contributed by atoms with Gasteiger partial charge in [-0.05, 0) is 37.5 Å². The van der Waals surface area contributed by atoms with Crippen LogP contribution in [0.2, 0.25) is 0 Å². The van der Waals surface area contributed by atoms with Gasteiger partial charge in [-0.3, -0.25) is 4.90 Å². The highest BCUT2D eigenvalue weighted by molar-refractivity contribution is 8.00. The molecule has 2 aliphatic heterocycles. The molecule has 0 aliphatic carbocycles. The normalized spacial score (nSPS) is 41.1. The van der Waals surface area contributed by atoms with E-state index in [-0.39, 0.29) is 0 Å². The Labute approximate surface area is 104 Å². The van der Waals surface area contributed by atoms with Crippen LogP contribution in [0.15, 0.2) is 0 Å². The van der Waals surface area contributed by atoms with Gasteiger partial charge < -0.3 is 5.73 Å². The summed E-state index contributed by atoms with van der Waals surface area (Å²) in [5.41, 5.74) is 6.45. The lowest BCUT2D eigenvalue weighted by Crippen LogP contribution is -2.59. The molecule has 2 nitrogen and oxygen atoms in total. The lowest BCUT2D eigenvalue weighted by atomic mass is 9.88. The van der Waals surface area contributed by atoms with Gasteiger partial charge in [0.15, 0.2) is 0 Å². The molecule has 0 radical (unpaired) electrons. The number of nitrogens with two attached hydrogens (primary N) is 1. The third kappa shape index (κ3) is 1.91. The predicted molar refractivity (Wildman–Crippen MR) is 72.9 cm³/mol. The Bertz CT molecular complexity index is 244. The molecular weight excluding hydrogens is 216 g/mol. The molecule has 16 heavy (non-hydrogen) atoms. The maximum absolute atomic E-state index is 6.15. The van der Waals surface area contributed by atoms with Gasteiger partial charge in [0.25, 0.3) is 0 Å². The van der Waals surface area contributed by atoms with Crippen LogP contribution in [-0.2, 0) is 0 Å². The van der Waals surface area contributed by atoms with Crippen molar-refractivity contribution >= 4 is 11.8 Å². The molecule has 94 valence electrons. The highest BCUT2D eigenvalue weighted by atomic mass is 32.2. The molecule has 3 atom stereocenters. The van der Waals surface area contributed by atoms with Gasteiger partial charge in [0.2, 0.25) is 0 Å². The van der Waals surface area contributed by atoms with Crippen LogP contribution >= 0.6 is 11.8 Å². The van der Waals surface area contributed by atoms with Crippen molar-refractivity contribution < 1.29 is 0 Å². The summed E-state index contributed by atoms with van der Waals surface area (Å²) in [6.07, 6.45) is 4.03.